The van der Waals surface area contributed by atoms with Crippen molar-refractivity contribution in [1.82, 2.24) is 24.7 Å². The van der Waals surface area contributed by atoms with Crippen molar-refractivity contribution < 1.29 is 9.53 Å². The molecule has 3 aliphatic heterocycles. The molecular weight excluding hydrogens is 425 g/mol. The molecule has 0 unspecified atom stereocenters. The third-order valence-electron chi connectivity index (χ3n) is 6.12. The van der Waals surface area contributed by atoms with E-state index < -0.39 is 0 Å². The third kappa shape index (κ3) is 4.50. The van der Waals surface area contributed by atoms with Crippen molar-refractivity contribution in [1.29, 1.82) is 0 Å². The van der Waals surface area contributed by atoms with E-state index in [1.165, 1.54) is 5.56 Å². The van der Waals surface area contributed by atoms with E-state index in [2.05, 4.69) is 44.0 Å². The van der Waals surface area contributed by atoms with Crippen molar-refractivity contribution >= 4 is 30.7 Å². The van der Waals surface area contributed by atoms with E-state index in [0.717, 1.165) is 51.6 Å². The second kappa shape index (κ2) is 10.1. The lowest BCUT2D eigenvalue weighted by molar-refractivity contribution is -0.0770. The number of hydrogen-bond donors (Lipinski definition) is 1. The first-order valence-electron chi connectivity index (χ1n) is 10.2. The standard InChI is InChI=1S/C21H27N5O2.2ClH/c27-21(18-13-24-9-8-22-7-6-20(24)23-18)25-10-11-26-17(12-25)14-28-15-19(26)16-4-2-1-3-5-16;;/h1-5,13,17,19,22H,6-12,14-15H2;2*1H/t17-,19-;;/m1../s1. The fourth-order valence-electron chi connectivity index (χ4n) is 4.62. The zero-order chi connectivity index (χ0) is 18.9. The summed E-state index contributed by atoms with van der Waals surface area (Å²) in [7, 11) is 0. The number of carbonyl (C=O) groups excluding carboxylic acids is 1. The number of imidazole rings is 1. The molecular formula is C21H29Cl2N5O2. The number of fused-ring (bicyclic) bond motifs is 2. The van der Waals surface area contributed by atoms with Gasteiger partial charge in [0.2, 0.25) is 0 Å². The molecule has 1 aromatic heterocycles. The highest BCUT2D eigenvalue weighted by molar-refractivity contribution is 5.92. The Labute approximate surface area is 189 Å². The molecule has 2 atom stereocenters. The van der Waals surface area contributed by atoms with Crippen LogP contribution in [0.25, 0.3) is 0 Å². The molecule has 1 aromatic carbocycles. The number of hydrogen-bond acceptors (Lipinski definition) is 5. The maximum absolute atomic E-state index is 13.1. The first-order valence-corrected chi connectivity index (χ1v) is 10.2. The normalized spacial score (nSPS) is 23.9. The van der Waals surface area contributed by atoms with E-state index in [1.807, 2.05) is 17.2 Å². The van der Waals surface area contributed by atoms with Gasteiger partial charge in [0, 0.05) is 51.9 Å². The SMILES string of the molecule is Cl.Cl.O=C(c1cn2c(n1)CCNCC2)N1CCN2[C@@H](COC[C@@H]2c2ccccc2)C1. The lowest BCUT2D eigenvalue weighted by atomic mass is 10.00. The van der Waals surface area contributed by atoms with E-state index in [1.54, 1.807) is 0 Å². The molecule has 0 spiro atoms. The average Bonchev–Trinajstić information content (AvgIpc) is 3.03. The number of rotatable bonds is 2. The molecule has 30 heavy (non-hydrogen) atoms. The lowest BCUT2D eigenvalue weighted by Gasteiger charge is -2.48. The summed E-state index contributed by atoms with van der Waals surface area (Å²) in [6.45, 7) is 6.43. The number of nitrogens with one attached hydrogen (secondary N) is 1. The Morgan fingerprint density at radius 1 is 1.07 bits per heavy atom. The van der Waals surface area contributed by atoms with Crippen molar-refractivity contribution in [2.75, 3.05) is 45.9 Å². The van der Waals surface area contributed by atoms with Crippen LogP contribution >= 0.6 is 24.8 Å². The molecule has 0 aliphatic carbocycles. The Morgan fingerprint density at radius 3 is 2.73 bits per heavy atom. The van der Waals surface area contributed by atoms with Gasteiger partial charge in [-0.3, -0.25) is 9.69 Å². The summed E-state index contributed by atoms with van der Waals surface area (Å²) < 4.78 is 8.04. The van der Waals surface area contributed by atoms with Crippen molar-refractivity contribution in [3.63, 3.8) is 0 Å². The second-order valence-corrected chi connectivity index (χ2v) is 7.84. The Kier molecular flexibility index (Phi) is 7.76. The number of amides is 1. The molecule has 0 saturated carbocycles. The minimum atomic E-state index is 0. The zero-order valence-corrected chi connectivity index (χ0v) is 18.5. The average molecular weight is 454 g/mol. The highest BCUT2D eigenvalue weighted by Crippen LogP contribution is 2.30. The van der Waals surface area contributed by atoms with Gasteiger partial charge in [0.15, 0.2) is 0 Å². The van der Waals surface area contributed by atoms with Gasteiger partial charge in [0.1, 0.15) is 11.5 Å². The first-order chi connectivity index (χ1) is 13.8. The molecule has 4 heterocycles. The Bertz CT molecular complexity index is 824. The summed E-state index contributed by atoms with van der Waals surface area (Å²) in [4.78, 5) is 22.2. The van der Waals surface area contributed by atoms with Crippen LogP contribution in [0.2, 0.25) is 0 Å². The van der Waals surface area contributed by atoms with Crippen LogP contribution < -0.4 is 5.32 Å². The highest BCUT2D eigenvalue weighted by atomic mass is 35.5. The number of ether oxygens (including phenoxy) is 1. The van der Waals surface area contributed by atoms with Gasteiger partial charge in [-0.2, -0.15) is 0 Å². The number of aromatic nitrogens is 2. The summed E-state index contributed by atoms with van der Waals surface area (Å²) in [5.74, 6) is 1.06. The minimum absolute atomic E-state index is 0. The van der Waals surface area contributed by atoms with Crippen molar-refractivity contribution in [3.05, 3.63) is 53.6 Å². The van der Waals surface area contributed by atoms with Crippen molar-refractivity contribution in [2.45, 2.75) is 25.0 Å². The van der Waals surface area contributed by atoms with Gasteiger partial charge >= 0.3 is 0 Å². The van der Waals surface area contributed by atoms with Crippen LogP contribution in [0.4, 0.5) is 0 Å². The van der Waals surface area contributed by atoms with Crippen LogP contribution in [-0.4, -0.2) is 77.2 Å². The highest BCUT2D eigenvalue weighted by Gasteiger charge is 2.38. The number of nitrogens with zero attached hydrogens (tertiary/aromatic N) is 4. The summed E-state index contributed by atoms with van der Waals surface area (Å²) in [6.07, 6.45) is 2.80. The monoisotopic (exact) mass is 453 g/mol. The molecule has 2 aromatic rings. The summed E-state index contributed by atoms with van der Waals surface area (Å²) >= 11 is 0. The summed E-state index contributed by atoms with van der Waals surface area (Å²) in [5, 5.41) is 3.37. The van der Waals surface area contributed by atoms with Gasteiger partial charge in [-0.1, -0.05) is 30.3 Å². The predicted molar refractivity (Wildman–Crippen MR) is 120 cm³/mol. The summed E-state index contributed by atoms with van der Waals surface area (Å²) in [5.41, 5.74) is 1.88. The number of benzene rings is 1. The summed E-state index contributed by atoms with van der Waals surface area (Å²) in [6, 6.07) is 11.1. The first kappa shape index (κ1) is 23.0. The predicted octanol–water partition coefficient (Wildman–Crippen LogP) is 1.77. The van der Waals surface area contributed by atoms with Crippen molar-refractivity contribution in [3.8, 4) is 0 Å². The van der Waals surface area contributed by atoms with Crippen LogP contribution in [0.1, 0.15) is 27.9 Å². The van der Waals surface area contributed by atoms with E-state index in [4.69, 9.17) is 4.74 Å². The van der Waals surface area contributed by atoms with Gasteiger partial charge in [-0.25, -0.2) is 4.98 Å². The molecule has 2 saturated heterocycles. The smallest absolute Gasteiger partial charge is 0.274 e. The number of carbonyl (C=O) groups is 1. The van der Waals surface area contributed by atoms with E-state index >= 15 is 0 Å². The van der Waals surface area contributed by atoms with Gasteiger partial charge in [0.05, 0.1) is 25.3 Å². The fraction of sp³-hybridized carbons (Fsp3) is 0.524. The van der Waals surface area contributed by atoms with Crippen LogP contribution in [0.3, 0.4) is 0 Å². The van der Waals surface area contributed by atoms with E-state index in [0.29, 0.717) is 18.8 Å². The van der Waals surface area contributed by atoms with Gasteiger partial charge < -0.3 is 19.5 Å². The van der Waals surface area contributed by atoms with Crippen LogP contribution in [0, 0.1) is 0 Å². The van der Waals surface area contributed by atoms with Crippen LogP contribution in [0.5, 0.6) is 0 Å². The largest absolute Gasteiger partial charge is 0.378 e. The molecule has 1 N–H and O–H groups in total. The maximum Gasteiger partial charge on any atom is 0.274 e. The number of morpholine rings is 1. The Balaban J connectivity index is 0.00000128. The van der Waals surface area contributed by atoms with Gasteiger partial charge in [-0.05, 0) is 5.56 Å². The van der Waals surface area contributed by atoms with Crippen LogP contribution in [0.15, 0.2) is 36.5 Å². The molecule has 3 aliphatic rings. The van der Waals surface area contributed by atoms with Crippen molar-refractivity contribution in [2.24, 2.45) is 0 Å². The Hall–Kier alpha value is -1.64. The second-order valence-electron chi connectivity index (χ2n) is 7.84. The topological polar surface area (TPSA) is 62.6 Å². The maximum atomic E-state index is 13.1. The van der Waals surface area contributed by atoms with Gasteiger partial charge in [-0.15, -0.1) is 24.8 Å². The molecule has 9 heteroatoms. The molecule has 0 bridgehead atoms. The molecule has 5 rings (SSSR count). The van der Waals surface area contributed by atoms with E-state index in [9.17, 15) is 4.79 Å². The number of halogens is 2. The molecule has 164 valence electrons. The number of piperazine rings is 1. The third-order valence-corrected chi connectivity index (χ3v) is 6.12. The molecule has 0 radical (unpaired) electrons. The molecule has 1 amide bonds. The Morgan fingerprint density at radius 2 is 1.90 bits per heavy atom. The van der Waals surface area contributed by atoms with Gasteiger partial charge in [0.25, 0.3) is 5.91 Å². The zero-order valence-electron chi connectivity index (χ0n) is 16.9. The quantitative estimate of drug-likeness (QED) is 0.750. The minimum Gasteiger partial charge on any atom is -0.378 e. The molecule has 7 nitrogen and oxygen atoms in total. The van der Waals surface area contributed by atoms with E-state index in [-0.39, 0.29) is 42.8 Å². The van der Waals surface area contributed by atoms with Crippen LogP contribution in [-0.2, 0) is 17.7 Å². The fourth-order valence-corrected chi connectivity index (χ4v) is 4.62. The lowest BCUT2D eigenvalue weighted by Crippen LogP contribution is -2.60. The molecule has 2 fully saturated rings.